The third kappa shape index (κ3) is 3.12. The van der Waals surface area contributed by atoms with Gasteiger partial charge in [-0.25, -0.2) is 9.97 Å². The molecule has 5 aromatic rings. The first-order chi connectivity index (χ1) is 14.2. The van der Waals surface area contributed by atoms with Gasteiger partial charge in [-0.3, -0.25) is 4.79 Å². The average molecular weight is 383 g/mol. The molecule has 0 bridgehead atoms. The highest BCUT2D eigenvalue weighted by molar-refractivity contribution is 6.06. The molecule has 0 aliphatic heterocycles. The van der Waals surface area contributed by atoms with E-state index in [1.807, 2.05) is 54.6 Å². The Morgan fingerprint density at radius 3 is 2.69 bits per heavy atom. The van der Waals surface area contributed by atoms with Crippen LogP contribution >= 0.6 is 0 Å². The van der Waals surface area contributed by atoms with Crippen molar-refractivity contribution < 1.29 is 9.32 Å². The number of benzene rings is 2. The Labute approximate surface area is 165 Å². The Hall–Kier alpha value is -4.00. The number of pyridine rings is 1. The molecule has 2 aromatic carbocycles. The van der Waals surface area contributed by atoms with Crippen LogP contribution < -0.4 is 5.32 Å². The zero-order valence-electron chi connectivity index (χ0n) is 15.6. The number of hydrogen-bond acceptors (Lipinski definition) is 5. The van der Waals surface area contributed by atoms with Crippen LogP contribution in [0.15, 0.2) is 65.2 Å². The van der Waals surface area contributed by atoms with E-state index in [-0.39, 0.29) is 12.5 Å². The fourth-order valence-corrected chi connectivity index (χ4v) is 3.38. The molecule has 1 amide bonds. The molecule has 7 nitrogen and oxygen atoms in total. The van der Waals surface area contributed by atoms with Crippen LogP contribution in [0.1, 0.15) is 21.9 Å². The molecule has 2 N–H and O–H groups in total. The van der Waals surface area contributed by atoms with Crippen molar-refractivity contribution in [2.45, 2.75) is 13.5 Å². The molecule has 3 aromatic heterocycles. The largest absolute Gasteiger partial charge is 0.345 e. The van der Waals surface area contributed by atoms with E-state index in [9.17, 15) is 4.79 Å². The molecular formula is C22H17N5O2. The molecule has 0 atom stereocenters. The first-order valence-electron chi connectivity index (χ1n) is 9.23. The topological polar surface area (TPSA) is 96.7 Å². The number of fused-ring (bicyclic) bond motifs is 2. The van der Waals surface area contributed by atoms with E-state index < -0.39 is 0 Å². The van der Waals surface area contributed by atoms with E-state index in [0.717, 1.165) is 16.6 Å². The van der Waals surface area contributed by atoms with Gasteiger partial charge in [-0.05, 0) is 25.1 Å². The summed E-state index contributed by atoms with van der Waals surface area (Å²) in [6.07, 6.45) is 0. The molecule has 0 aliphatic rings. The standard InChI is InChI=1S/C22H17N5O2/c1-13-20-15(11-18(26-22(20)29-27-13)14-7-3-2-4-8-14)21(28)23-12-19-24-16-9-5-6-10-17(16)25-19/h2-11H,12H2,1H3,(H,23,28)(H,24,25). The number of aromatic amines is 1. The number of H-pyrrole nitrogens is 1. The number of aryl methyl sites for hydroxylation is 1. The lowest BCUT2D eigenvalue weighted by Gasteiger charge is -2.07. The number of aromatic nitrogens is 4. The van der Waals surface area contributed by atoms with Gasteiger partial charge in [0.05, 0.1) is 39.9 Å². The normalized spacial score (nSPS) is 11.2. The van der Waals surface area contributed by atoms with Crippen molar-refractivity contribution >= 4 is 28.0 Å². The lowest BCUT2D eigenvalue weighted by molar-refractivity contribution is 0.0951. The molecule has 142 valence electrons. The van der Waals surface area contributed by atoms with Crippen molar-refractivity contribution in [3.05, 3.63) is 77.7 Å². The third-order valence-corrected chi connectivity index (χ3v) is 4.79. The Morgan fingerprint density at radius 1 is 1.07 bits per heavy atom. The molecule has 0 saturated heterocycles. The number of para-hydroxylation sites is 2. The van der Waals surface area contributed by atoms with Gasteiger partial charge in [0.1, 0.15) is 5.82 Å². The van der Waals surface area contributed by atoms with Gasteiger partial charge < -0.3 is 14.8 Å². The molecule has 0 unspecified atom stereocenters. The summed E-state index contributed by atoms with van der Waals surface area (Å²) in [5.74, 6) is 0.455. The van der Waals surface area contributed by atoms with E-state index in [0.29, 0.717) is 33.9 Å². The van der Waals surface area contributed by atoms with Crippen molar-refractivity contribution in [1.29, 1.82) is 0 Å². The Kier molecular flexibility index (Phi) is 4.05. The van der Waals surface area contributed by atoms with E-state index >= 15 is 0 Å². The quantitative estimate of drug-likeness (QED) is 0.489. The first-order valence-corrected chi connectivity index (χ1v) is 9.23. The summed E-state index contributed by atoms with van der Waals surface area (Å²) in [5.41, 5.74) is 4.80. The van der Waals surface area contributed by atoms with E-state index in [1.165, 1.54) is 0 Å². The predicted octanol–water partition coefficient (Wildman–Crippen LogP) is 4.00. The van der Waals surface area contributed by atoms with Crippen LogP contribution in [0.4, 0.5) is 0 Å². The van der Waals surface area contributed by atoms with Crippen LogP contribution in [0.25, 0.3) is 33.4 Å². The Balaban J connectivity index is 1.49. The highest BCUT2D eigenvalue weighted by Crippen LogP contribution is 2.27. The maximum absolute atomic E-state index is 13.0. The zero-order chi connectivity index (χ0) is 19.8. The smallest absolute Gasteiger partial charge is 0.259 e. The number of imidazole rings is 1. The van der Waals surface area contributed by atoms with Gasteiger partial charge in [-0.2, -0.15) is 0 Å². The molecule has 0 fully saturated rings. The van der Waals surface area contributed by atoms with Gasteiger partial charge >= 0.3 is 0 Å². The van der Waals surface area contributed by atoms with Crippen molar-refractivity contribution in [3.8, 4) is 11.3 Å². The summed E-state index contributed by atoms with van der Waals surface area (Å²) in [7, 11) is 0. The maximum Gasteiger partial charge on any atom is 0.259 e. The minimum Gasteiger partial charge on any atom is -0.345 e. The van der Waals surface area contributed by atoms with E-state index in [2.05, 4.69) is 25.4 Å². The van der Waals surface area contributed by atoms with Crippen molar-refractivity contribution in [3.63, 3.8) is 0 Å². The number of hydrogen-bond donors (Lipinski definition) is 2. The highest BCUT2D eigenvalue weighted by Gasteiger charge is 2.19. The van der Waals surface area contributed by atoms with Gasteiger partial charge in [0, 0.05) is 5.56 Å². The summed E-state index contributed by atoms with van der Waals surface area (Å²) in [6.45, 7) is 2.08. The fraction of sp³-hybridized carbons (Fsp3) is 0.0909. The third-order valence-electron chi connectivity index (χ3n) is 4.79. The van der Waals surface area contributed by atoms with Gasteiger partial charge in [0.2, 0.25) is 0 Å². The van der Waals surface area contributed by atoms with Gasteiger partial charge in [-0.15, -0.1) is 0 Å². The molecule has 3 heterocycles. The van der Waals surface area contributed by atoms with Crippen molar-refractivity contribution in [2.75, 3.05) is 0 Å². The molecule has 7 heteroatoms. The molecule has 0 saturated carbocycles. The molecule has 0 spiro atoms. The van der Waals surface area contributed by atoms with Crippen LogP contribution in [-0.2, 0) is 6.54 Å². The highest BCUT2D eigenvalue weighted by atomic mass is 16.5. The summed E-state index contributed by atoms with van der Waals surface area (Å²) < 4.78 is 5.34. The Morgan fingerprint density at radius 2 is 1.86 bits per heavy atom. The minimum absolute atomic E-state index is 0.235. The zero-order valence-corrected chi connectivity index (χ0v) is 15.6. The number of rotatable bonds is 4. The van der Waals surface area contributed by atoms with Crippen LogP contribution in [-0.4, -0.2) is 26.0 Å². The second-order valence-electron chi connectivity index (χ2n) is 6.75. The lowest BCUT2D eigenvalue weighted by atomic mass is 10.1. The van der Waals surface area contributed by atoms with Crippen molar-refractivity contribution in [1.82, 2.24) is 25.4 Å². The predicted molar refractivity (Wildman–Crippen MR) is 109 cm³/mol. The monoisotopic (exact) mass is 383 g/mol. The molecule has 29 heavy (non-hydrogen) atoms. The van der Waals surface area contributed by atoms with Crippen LogP contribution in [0.5, 0.6) is 0 Å². The lowest BCUT2D eigenvalue weighted by Crippen LogP contribution is -2.24. The van der Waals surface area contributed by atoms with Gasteiger partial charge in [0.15, 0.2) is 0 Å². The molecule has 5 rings (SSSR count). The number of nitrogens with one attached hydrogen (secondary N) is 2. The number of amides is 1. The minimum atomic E-state index is -0.235. The van der Waals surface area contributed by atoms with E-state index in [1.54, 1.807) is 13.0 Å². The van der Waals surface area contributed by atoms with E-state index in [4.69, 9.17) is 4.52 Å². The maximum atomic E-state index is 13.0. The van der Waals surface area contributed by atoms with Crippen LogP contribution in [0, 0.1) is 6.92 Å². The molecular weight excluding hydrogens is 366 g/mol. The SMILES string of the molecule is Cc1noc2nc(-c3ccccc3)cc(C(=O)NCc3nc4ccccc4[nH]3)c12. The number of nitrogens with zero attached hydrogens (tertiary/aromatic N) is 3. The Bertz CT molecular complexity index is 1300. The van der Waals surface area contributed by atoms with Crippen LogP contribution in [0.2, 0.25) is 0 Å². The summed E-state index contributed by atoms with van der Waals surface area (Å²) in [4.78, 5) is 25.3. The second kappa shape index (κ2) is 6.87. The van der Waals surface area contributed by atoms with Crippen LogP contribution in [0.3, 0.4) is 0 Å². The molecule has 0 radical (unpaired) electrons. The number of carbonyl (C=O) groups excluding carboxylic acids is 1. The summed E-state index contributed by atoms with van der Waals surface area (Å²) >= 11 is 0. The second-order valence-corrected chi connectivity index (χ2v) is 6.75. The van der Waals surface area contributed by atoms with Crippen molar-refractivity contribution in [2.24, 2.45) is 0 Å². The average Bonchev–Trinajstić information content (AvgIpc) is 3.35. The fourth-order valence-electron chi connectivity index (χ4n) is 3.38. The van der Waals surface area contributed by atoms with Gasteiger partial charge in [0.25, 0.3) is 11.6 Å². The summed E-state index contributed by atoms with van der Waals surface area (Å²) in [6, 6.07) is 19.2. The van der Waals surface area contributed by atoms with Gasteiger partial charge in [-0.1, -0.05) is 47.6 Å². The summed E-state index contributed by atoms with van der Waals surface area (Å²) in [5, 5.41) is 7.54. The first kappa shape index (κ1) is 17.1. The molecule has 0 aliphatic carbocycles. The number of carbonyl (C=O) groups is 1.